The Labute approximate surface area is 107 Å². The maximum Gasteiger partial charge on any atom is 0.311 e. The smallest absolute Gasteiger partial charge is 0.311 e. The zero-order valence-electron chi connectivity index (χ0n) is 11.3. The molecule has 0 heterocycles. The number of nitro benzene ring substituents is 1. The lowest BCUT2D eigenvalue weighted by atomic mass is 10.1. The summed E-state index contributed by atoms with van der Waals surface area (Å²) in [7, 11) is 0. The Hall–Kier alpha value is -1.62. The fraction of sp³-hybridized carbons (Fsp3) is 0.538. The molecular formula is C13H20N2O3. The fourth-order valence-corrected chi connectivity index (χ4v) is 1.55. The van der Waals surface area contributed by atoms with Gasteiger partial charge in [0, 0.05) is 18.2 Å². The first-order valence-electron chi connectivity index (χ1n) is 5.93. The lowest BCUT2D eigenvalue weighted by Crippen LogP contribution is -2.38. The van der Waals surface area contributed by atoms with Gasteiger partial charge in [0.15, 0.2) is 5.75 Å². The van der Waals surface area contributed by atoms with E-state index < -0.39 is 4.92 Å². The number of nitro groups is 1. The molecular weight excluding hydrogens is 232 g/mol. The molecule has 0 fully saturated rings. The summed E-state index contributed by atoms with van der Waals surface area (Å²) >= 11 is 0. The lowest BCUT2D eigenvalue weighted by Gasteiger charge is -2.20. The molecule has 1 N–H and O–H groups in total. The summed E-state index contributed by atoms with van der Waals surface area (Å²) in [6.45, 7) is 9.03. The predicted molar refractivity (Wildman–Crippen MR) is 71.1 cm³/mol. The summed E-state index contributed by atoms with van der Waals surface area (Å²) in [5, 5.41) is 14.1. The van der Waals surface area contributed by atoms with E-state index in [0.29, 0.717) is 18.9 Å². The molecule has 18 heavy (non-hydrogen) atoms. The molecule has 0 atom stereocenters. The molecule has 0 saturated heterocycles. The number of nitrogens with zero attached hydrogens (tertiary/aromatic N) is 1. The first-order valence-corrected chi connectivity index (χ1v) is 5.93. The largest absolute Gasteiger partial charge is 0.485 e. The number of ether oxygens (including phenoxy) is 1. The highest BCUT2D eigenvalue weighted by atomic mass is 16.6. The Bertz CT molecular complexity index is 425. The molecule has 0 spiro atoms. The summed E-state index contributed by atoms with van der Waals surface area (Å²) in [4.78, 5) is 10.5. The van der Waals surface area contributed by atoms with E-state index in [4.69, 9.17) is 4.74 Å². The zero-order valence-corrected chi connectivity index (χ0v) is 11.3. The molecule has 0 amide bonds. The summed E-state index contributed by atoms with van der Waals surface area (Å²) in [6, 6.07) is 4.92. The van der Waals surface area contributed by atoms with E-state index in [9.17, 15) is 10.1 Å². The van der Waals surface area contributed by atoms with Crippen LogP contribution in [0.3, 0.4) is 0 Å². The number of rotatable bonds is 5. The number of nitrogens with one attached hydrogen (secondary N) is 1. The van der Waals surface area contributed by atoms with Crippen molar-refractivity contribution in [3.8, 4) is 5.75 Å². The molecule has 100 valence electrons. The highest BCUT2D eigenvalue weighted by Crippen LogP contribution is 2.29. The maximum atomic E-state index is 10.9. The minimum absolute atomic E-state index is 0.0149. The van der Waals surface area contributed by atoms with Gasteiger partial charge in [0.1, 0.15) is 6.61 Å². The van der Waals surface area contributed by atoms with Gasteiger partial charge >= 0.3 is 5.69 Å². The molecule has 0 aromatic heterocycles. The summed E-state index contributed by atoms with van der Waals surface area (Å²) in [5.41, 5.74) is 0.812. The van der Waals surface area contributed by atoms with Crippen molar-refractivity contribution in [2.24, 2.45) is 0 Å². The Morgan fingerprint density at radius 2 is 2.06 bits per heavy atom. The van der Waals surface area contributed by atoms with Crippen LogP contribution in [0.2, 0.25) is 0 Å². The molecule has 0 unspecified atom stereocenters. The third kappa shape index (κ3) is 4.33. The standard InChI is InChI=1S/C13H20N2O3/c1-10-6-5-7-11(15(16)17)12(10)18-9-8-14-13(2,3)4/h5-7,14H,8-9H2,1-4H3. The summed E-state index contributed by atoms with van der Waals surface area (Å²) in [5.74, 6) is 0.359. The third-order valence-corrected chi connectivity index (χ3v) is 2.39. The first-order chi connectivity index (χ1) is 8.31. The second-order valence-corrected chi connectivity index (χ2v) is 5.21. The second kappa shape index (κ2) is 5.82. The monoisotopic (exact) mass is 252 g/mol. The van der Waals surface area contributed by atoms with Gasteiger partial charge in [-0.15, -0.1) is 0 Å². The van der Waals surface area contributed by atoms with Crippen LogP contribution in [0.25, 0.3) is 0 Å². The van der Waals surface area contributed by atoms with E-state index in [-0.39, 0.29) is 11.2 Å². The van der Waals surface area contributed by atoms with Crippen molar-refractivity contribution >= 4 is 5.69 Å². The van der Waals surface area contributed by atoms with E-state index in [1.807, 2.05) is 0 Å². The highest BCUT2D eigenvalue weighted by Gasteiger charge is 2.17. The lowest BCUT2D eigenvalue weighted by molar-refractivity contribution is -0.385. The average Bonchev–Trinajstić information content (AvgIpc) is 2.24. The van der Waals surface area contributed by atoms with E-state index >= 15 is 0 Å². The van der Waals surface area contributed by atoms with Crippen molar-refractivity contribution in [3.05, 3.63) is 33.9 Å². The van der Waals surface area contributed by atoms with Crippen LogP contribution >= 0.6 is 0 Å². The van der Waals surface area contributed by atoms with Crippen molar-refractivity contribution in [1.29, 1.82) is 0 Å². The normalized spacial score (nSPS) is 11.3. The number of hydrogen-bond donors (Lipinski definition) is 1. The fourth-order valence-electron chi connectivity index (χ4n) is 1.55. The van der Waals surface area contributed by atoms with Crippen LogP contribution in [0, 0.1) is 17.0 Å². The summed E-state index contributed by atoms with van der Waals surface area (Å²) in [6.07, 6.45) is 0. The molecule has 1 rings (SSSR count). The molecule has 0 aliphatic heterocycles. The van der Waals surface area contributed by atoms with Crippen LogP contribution in [0.1, 0.15) is 26.3 Å². The Morgan fingerprint density at radius 1 is 1.39 bits per heavy atom. The second-order valence-electron chi connectivity index (χ2n) is 5.21. The molecule has 1 aromatic rings. The maximum absolute atomic E-state index is 10.9. The van der Waals surface area contributed by atoms with Gasteiger partial charge < -0.3 is 10.1 Å². The van der Waals surface area contributed by atoms with Crippen molar-refractivity contribution in [3.63, 3.8) is 0 Å². The topological polar surface area (TPSA) is 64.4 Å². The molecule has 5 heteroatoms. The third-order valence-electron chi connectivity index (χ3n) is 2.39. The average molecular weight is 252 g/mol. The van der Waals surface area contributed by atoms with Gasteiger partial charge in [-0.3, -0.25) is 10.1 Å². The van der Waals surface area contributed by atoms with E-state index in [1.165, 1.54) is 6.07 Å². The molecule has 0 saturated carbocycles. The number of benzene rings is 1. The van der Waals surface area contributed by atoms with E-state index in [1.54, 1.807) is 19.1 Å². The van der Waals surface area contributed by atoms with Gasteiger partial charge in [-0.2, -0.15) is 0 Å². The van der Waals surface area contributed by atoms with Crippen LogP contribution in [0.5, 0.6) is 5.75 Å². The predicted octanol–water partition coefficient (Wildman–Crippen LogP) is 2.67. The number of aryl methyl sites for hydroxylation is 1. The minimum Gasteiger partial charge on any atom is -0.485 e. The number of hydrogen-bond acceptors (Lipinski definition) is 4. The Balaban J connectivity index is 2.64. The Kier molecular flexibility index (Phi) is 4.67. The molecule has 5 nitrogen and oxygen atoms in total. The minimum atomic E-state index is -0.417. The van der Waals surface area contributed by atoms with Crippen LogP contribution < -0.4 is 10.1 Å². The van der Waals surface area contributed by atoms with Crippen molar-refractivity contribution in [2.75, 3.05) is 13.2 Å². The van der Waals surface area contributed by atoms with Crippen molar-refractivity contribution < 1.29 is 9.66 Å². The van der Waals surface area contributed by atoms with Gasteiger partial charge in [0.25, 0.3) is 0 Å². The summed E-state index contributed by atoms with van der Waals surface area (Å²) < 4.78 is 5.52. The van der Waals surface area contributed by atoms with Crippen molar-refractivity contribution in [1.82, 2.24) is 5.32 Å². The highest BCUT2D eigenvalue weighted by molar-refractivity contribution is 5.51. The van der Waals surface area contributed by atoms with Crippen LogP contribution in [-0.2, 0) is 0 Å². The molecule has 1 aromatic carbocycles. The van der Waals surface area contributed by atoms with Gasteiger partial charge in [0.2, 0.25) is 0 Å². The SMILES string of the molecule is Cc1cccc([N+](=O)[O-])c1OCCNC(C)(C)C. The van der Waals surface area contributed by atoms with Crippen LogP contribution in [-0.4, -0.2) is 23.6 Å². The van der Waals surface area contributed by atoms with Gasteiger partial charge in [0.05, 0.1) is 4.92 Å². The van der Waals surface area contributed by atoms with Gasteiger partial charge in [-0.1, -0.05) is 12.1 Å². The molecule has 0 aliphatic rings. The quantitative estimate of drug-likeness (QED) is 0.497. The van der Waals surface area contributed by atoms with E-state index in [2.05, 4.69) is 26.1 Å². The van der Waals surface area contributed by atoms with Gasteiger partial charge in [-0.25, -0.2) is 0 Å². The molecule has 0 aliphatic carbocycles. The van der Waals surface area contributed by atoms with Crippen LogP contribution in [0.4, 0.5) is 5.69 Å². The van der Waals surface area contributed by atoms with E-state index in [0.717, 1.165) is 5.56 Å². The molecule has 0 radical (unpaired) electrons. The molecule has 0 bridgehead atoms. The van der Waals surface area contributed by atoms with Gasteiger partial charge in [-0.05, 0) is 33.3 Å². The zero-order chi connectivity index (χ0) is 13.8. The van der Waals surface area contributed by atoms with Crippen molar-refractivity contribution in [2.45, 2.75) is 33.2 Å². The Morgan fingerprint density at radius 3 is 2.61 bits per heavy atom. The number of para-hydroxylation sites is 1. The van der Waals surface area contributed by atoms with Crippen LogP contribution in [0.15, 0.2) is 18.2 Å². The first kappa shape index (κ1) is 14.4.